The fourth-order valence-electron chi connectivity index (χ4n) is 3.72. The van der Waals surface area contributed by atoms with E-state index >= 15 is 0 Å². The van der Waals surface area contributed by atoms with Crippen molar-refractivity contribution in [3.05, 3.63) is 47.5 Å². The zero-order valence-electron chi connectivity index (χ0n) is 18.9. The lowest BCUT2D eigenvalue weighted by Crippen LogP contribution is -2.49. The summed E-state index contributed by atoms with van der Waals surface area (Å²) in [4.78, 5) is 2.50. The Morgan fingerprint density at radius 1 is 0.844 bits per heavy atom. The lowest BCUT2D eigenvalue weighted by molar-refractivity contribution is 0.197. The highest BCUT2D eigenvalue weighted by molar-refractivity contribution is 7.91. The molecule has 0 atom stereocenters. The third kappa shape index (κ3) is 5.25. The number of methoxy groups -OCH3 is 2. The SMILES string of the molecule is COc1ccc(S(=O)(=O)N2CCN(CCS(=O)(=O)c3cc(C)ccc3C)CC2)cc1OC. The van der Waals surface area contributed by atoms with Crippen molar-refractivity contribution < 1.29 is 26.3 Å². The number of benzene rings is 2. The fourth-order valence-corrected chi connectivity index (χ4v) is 6.80. The molecule has 3 rings (SSSR count). The quantitative estimate of drug-likeness (QED) is 0.569. The van der Waals surface area contributed by atoms with E-state index in [0.29, 0.717) is 49.1 Å². The van der Waals surface area contributed by atoms with Gasteiger partial charge in [-0.05, 0) is 43.2 Å². The van der Waals surface area contributed by atoms with Gasteiger partial charge in [0.2, 0.25) is 10.0 Å². The predicted molar refractivity (Wildman–Crippen MR) is 123 cm³/mol. The van der Waals surface area contributed by atoms with Crippen LogP contribution in [-0.4, -0.2) is 78.7 Å². The van der Waals surface area contributed by atoms with Crippen LogP contribution in [0.25, 0.3) is 0 Å². The van der Waals surface area contributed by atoms with Gasteiger partial charge in [0, 0.05) is 38.8 Å². The number of aryl methyl sites for hydroxylation is 2. The minimum absolute atomic E-state index is 0.000276. The first kappa shape index (κ1) is 24.5. The number of sulfone groups is 1. The third-order valence-corrected chi connectivity index (χ3v) is 9.40. The molecule has 1 saturated heterocycles. The molecule has 1 aliphatic heterocycles. The van der Waals surface area contributed by atoms with Crippen molar-refractivity contribution in [1.29, 1.82) is 0 Å². The molecule has 2 aromatic carbocycles. The molecule has 1 aliphatic rings. The summed E-state index contributed by atoms with van der Waals surface area (Å²) in [5.74, 6) is 0.810. The molecule has 0 radical (unpaired) electrons. The van der Waals surface area contributed by atoms with Crippen LogP contribution >= 0.6 is 0 Å². The monoisotopic (exact) mass is 482 g/mol. The van der Waals surface area contributed by atoms with Crippen LogP contribution < -0.4 is 9.47 Å². The van der Waals surface area contributed by atoms with E-state index in [-0.39, 0.29) is 10.6 Å². The summed E-state index contributed by atoms with van der Waals surface area (Å²) in [6.45, 7) is 5.55. The minimum atomic E-state index is -3.69. The highest BCUT2D eigenvalue weighted by atomic mass is 32.2. The van der Waals surface area contributed by atoms with E-state index in [1.807, 2.05) is 24.0 Å². The molecule has 0 saturated carbocycles. The molecule has 0 bridgehead atoms. The van der Waals surface area contributed by atoms with E-state index in [9.17, 15) is 16.8 Å². The Morgan fingerprint density at radius 2 is 1.50 bits per heavy atom. The van der Waals surface area contributed by atoms with Gasteiger partial charge in [0.25, 0.3) is 0 Å². The second-order valence-electron chi connectivity index (χ2n) is 7.85. The molecule has 0 amide bonds. The molecular formula is C22H30N2O6S2. The van der Waals surface area contributed by atoms with E-state index in [4.69, 9.17) is 9.47 Å². The minimum Gasteiger partial charge on any atom is -0.493 e. The largest absolute Gasteiger partial charge is 0.493 e. The average Bonchev–Trinajstić information content (AvgIpc) is 2.79. The molecule has 1 fully saturated rings. The van der Waals surface area contributed by atoms with Gasteiger partial charge in [0.1, 0.15) is 0 Å². The molecule has 0 N–H and O–H groups in total. The molecule has 0 spiro atoms. The average molecular weight is 483 g/mol. The Bertz CT molecular complexity index is 1170. The number of ether oxygens (including phenoxy) is 2. The Morgan fingerprint density at radius 3 is 2.12 bits per heavy atom. The van der Waals surface area contributed by atoms with E-state index < -0.39 is 19.9 Å². The number of sulfonamides is 1. The maximum atomic E-state index is 13.0. The van der Waals surface area contributed by atoms with E-state index in [1.54, 1.807) is 19.1 Å². The van der Waals surface area contributed by atoms with Gasteiger partial charge >= 0.3 is 0 Å². The highest BCUT2D eigenvalue weighted by Crippen LogP contribution is 2.31. The summed E-state index contributed by atoms with van der Waals surface area (Å²) in [5.41, 5.74) is 1.64. The third-order valence-electron chi connectivity index (χ3n) is 5.68. The molecule has 32 heavy (non-hydrogen) atoms. The van der Waals surface area contributed by atoms with Crippen molar-refractivity contribution in [2.75, 3.05) is 52.7 Å². The van der Waals surface area contributed by atoms with Gasteiger partial charge in [0.05, 0.1) is 29.8 Å². The van der Waals surface area contributed by atoms with Crippen molar-refractivity contribution in [3.8, 4) is 11.5 Å². The normalized spacial score (nSPS) is 16.1. The summed E-state index contributed by atoms with van der Waals surface area (Å²) in [7, 11) is -4.15. The molecule has 10 heteroatoms. The molecule has 0 aromatic heterocycles. The van der Waals surface area contributed by atoms with Crippen LogP contribution in [0.2, 0.25) is 0 Å². The molecule has 0 unspecified atom stereocenters. The first-order valence-electron chi connectivity index (χ1n) is 10.3. The first-order chi connectivity index (χ1) is 15.1. The summed E-state index contributed by atoms with van der Waals surface area (Å²) in [6, 6.07) is 9.95. The zero-order chi connectivity index (χ0) is 23.5. The highest BCUT2D eigenvalue weighted by Gasteiger charge is 2.30. The van der Waals surface area contributed by atoms with Gasteiger partial charge in [-0.3, -0.25) is 4.90 Å². The Labute approximate surface area is 190 Å². The van der Waals surface area contributed by atoms with Gasteiger partial charge < -0.3 is 9.47 Å². The topological polar surface area (TPSA) is 93.2 Å². The maximum Gasteiger partial charge on any atom is 0.243 e. The Kier molecular flexibility index (Phi) is 7.49. The number of hydrogen-bond acceptors (Lipinski definition) is 7. The molecule has 2 aromatic rings. The summed E-state index contributed by atoms with van der Waals surface area (Å²) in [5, 5.41) is 0. The van der Waals surface area contributed by atoms with E-state index in [0.717, 1.165) is 11.1 Å². The second kappa shape index (κ2) is 9.78. The number of hydrogen-bond donors (Lipinski definition) is 0. The lowest BCUT2D eigenvalue weighted by Gasteiger charge is -2.34. The summed E-state index contributed by atoms with van der Waals surface area (Å²) in [6.07, 6.45) is 0. The summed E-state index contributed by atoms with van der Waals surface area (Å²) < 4.78 is 63.5. The van der Waals surface area contributed by atoms with Crippen molar-refractivity contribution in [3.63, 3.8) is 0 Å². The zero-order valence-corrected chi connectivity index (χ0v) is 20.5. The van der Waals surface area contributed by atoms with Crippen molar-refractivity contribution in [2.24, 2.45) is 0 Å². The fraction of sp³-hybridized carbons (Fsp3) is 0.455. The standard InChI is InChI=1S/C22H30N2O6S2/c1-17-5-6-18(2)22(15-17)31(25,26)14-13-23-9-11-24(12-10-23)32(27,28)19-7-8-20(29-3)21(16-19)30-4/h5-8,15-16H,9-14H2,1-4H3. The van der Waals surface area contributed by atoms with Gasteiger partial charge in [-0.2, -0.15) is 4.31 Å². The van der Waals surface area contributed by atoms with Crippen LogP contribution in [0, 0.1) is 13.8 Å². The molecule has 1 heterocycles. The molecular weight excluding hydrogens is 452 g/mol. The molecule has 176 valence electrons. The van der Waals surface area contributed by atoms with Gasteiger partial charge in [-0.15, -0.1) is 0 Å². The summed E-state index contributed by atoms with van der Waals surface area (Å²) >= 11 is 0. The Hall–Kier alpha value is -2.14. The number of nitrogens with zero attached hydrogens (tertiary/aromatic N) is 2. The second-order valence-corrected chi connectivity index (χ2v) is 11.9. The van der Waals surface area contributed by atoms with Crippen molar-refractivity contribution >= 4 is 19.9 Å². The van der Waals surface area contributed by atoms with Gasteiger partial charge in [0.15, 0.2) is 21.3 Å². The van der Waals surface area contributed by atoms with Crippen LogP contribution in [0.4, 0.5) is 0 Å². The predicted octanol–water partition coefficient (Wildman–Crippen LogP) is 2.10. The van der Waals surface area contributed by atoms with Gasteiger partial charge in [-0.1, -0.05) is 12.1 Å². The van der Waals surface area contributed by atoms with Crippen LogP contribution in [-0.2, 0) is 19.9 Å². The van der Waals surface area contributed by atoms with Crippen LogP contribution in [0.5, 0.6) is 11.5 Å². The number of piperazine rings is 1. The lowest BCUT2D eigenvalue weighted by atomic mass is 10.2. The van der Waals surface area contributed by atoms with E-state index in [2.05, 4.69) is 0 Å². The van der Waals surface area contributed by atoms with E-state index in [1.165, 1.54) is 30.7 Å². The van der Waals surface area contributed by atoms with Crippen molar-refractivity contribution in [1.82, 2.24) is 9.21 Å². The van der Waals surface area contributed by atoms with Crippen LogP contribution in [0.3, 0.4) is 0 Å². The Balaban J connectivity index is 1.63. The number of rotatable bonds is 8. The maximum absolute atomic E-state index is 13.0. The van der Waals surface area contributed by atoms with Crippen LogP contribution in [0.1, 0.15) is 11.1 Å². The first-order valence-corrected chi connectivity index (χ1v) is 13.4. The van der Waals surface area contributed by atoms with Crippen molar-refractivity contribution in [2.45, 2.75) is 23.6 Å². The van der Waals surface area contributed by atoms with Crippen LogP contribution in [0.15, 0.2) is 46.2 Å². The smallest absolute Gasteiger partial charge is 0.243 e. The van der Waals surface area contributed by atoms with Gasteiger partial charge in [-0.25, -0.2) is 16.8 Å². The molecule has 8 nitrogen and oxygen atoms in total. The molecule has 0 aliphatic carbocycles.